The van der Waals surface area contributed by atoms with Crippen molar-refractivity contribution in [3.63, 3.8) is 0 Å². The van der Waals surface area contributed by atoms with Crippen molar-refractivity contribution in [1.29, 1.82) is 0 Å². The number of nitrogens with zero attached hydrogens (tertiary/aromatic N) is 4. The molecule has 0 aliphatic carbocycles. The Morgan fingerprint density at radius 3 is 2.93 bits per heavy atom. The van der Waals surface area contributed by atoms with E-state index in [2.05, 4.69) is 15.0 Å². The lowest BCUT2D eigenvalue weighted by Crippen LogP contribution is -2.38. The van der Waals surface area contributed by atoms with Crippen LogP contribution in [0.1, 0.15) is 23.3 Å². The van der Waals surface area contributed by atoms with Crippen molar-refractivity contribution in [2.45, 2.75) is 18.9 Å². The lowest BCUT2D eigenvalue weighted by molar-refractivity contribution is 0.0913. The number of thiazole rings is 1. The first-order chi connectivity index (χ1) is 13.6. The molecule has 1 amide bonds. The molecule has 3 aromatic rings. The number of benzene rings is 1. The van der Waals surface area contributed by atoms with Gasteiger partial charge in [-0.2, -0.15) is 0 Å². The zero-order chi connectivity index (χ0) is 19.5. The van der Waals surface area contributed by atoms with Gasteiger partial charge in [-0.3, -0.25) is 14.7 Å². The fourth-order valence-electron chi connectivity index (χ4n) is 3.00. The molecular weight excluding hydrogens is 419 g/mol. The van der Waals surface area contributed by atoms with Gasteiger partial charge in [0.1, 0.15) is 5.69 Å². The van der Waals surface area contributed by atoms with Crippen molar-refractivity contribution in [3.8, 4) is 11.3 Å². The first kappa shape index (κ1) is 19.3. The van der Waals surface area contributed by atoms with Crippen molar-refractivity contribution in [2.24, 2.45) is 0 Å². The Morgan fingerprint density at radius 2 is 2.21 bits per heavy atom. The Bertz CT molecular complexity index is 977. The van der Waals surface area contributed by atoms with Crippen LogP contribution >= 0.6 is 34.5 Å². The summed E-state index contributed by atoms with van der Waals surface area (Å²) in [6.07, 6.45) is 6.36. The summed E-state index contributed by atoms with van der Waals surface area (Å²) in [5.74, 6) is -0.258. The third kappa shape index (κ3) is 4.17. The number of hydrogen-bond donors (Lipinski definition) is 0. The molecule has 4 rings (SSSR count). The molecule has 1 fully saturated rings. The second-order valence-electron chi connectivity index (χ2n) is 6.28. The number of amides is 1. The third-order valence-corrected chi connectivity index (χ3v) is 5.78. The van der Waals surface area contributed by atoms with Crippen LogP contribution in [0.3, 0.4) is 0 Å². The first-order valence-electron chi connectivity index (χ1n) is 8.72. The van der Waals surface area contributed by atoms with Crippen LogP contribution in [-0.2, 0) is 4.74 Å². The minimum Gasteiger partial charge on any atom is -0.376 e. The molecule has 6 nitrogen and oxygen atoms in total. The molecule has 144 valence electrons. The Kier molecular flexibility index (Phi) is 5.87. The monoisotopic (exact) mass is 434 g/mol. The normalized spacial score (nSPS) is 16.3. The predicted octanol–water partition coefficient (Wildman–Crippen LogP) is 4.73. The van der Waals surface area contributed by atoms with Crippen molar-refractivity contribution >= 4 is 45.6 Å². The van der Waals surface area contributed by atoms with E-state index in [0.717, 1.165) is 18.4 Å². The maximum absolute atomic E-state index is 13.1. The number of carbonyl (C=O) groups excluding carboxylic acids is 1. The Labute approximate surface area is 176 Å². The molecule has 1 atom stereocenters. The molecule has 0 spiro atoms. The van der Waals surface area contributed by atoms with Gasteiger partial charge in [-0.15, -0.1) is 11.3 Å². The van der Waals surface area contributed by atoms with Gasteiger partial charge in [-0.25, -0.2) is 9.97 Å². The first-order valence-corrected chi connectivity index (χ1v) is 10.4. The van der Waals surface area contributed by atoms with Crippen molar-refractivity contribution in [2.75, 3.05) is 18.1 Å². The van der Waals surface area contributed by atoms with E-state index in [-0.39, 0.29) is 17.7 Å². The van der Waals surface area contributed by atoms with Gasteiger partial charge in [0.15, 0.2) is 5.13 Å². The summed E-state index contributed by atoms with van der Waals surface area (Å²) < 4.78 is 5.73. The van der Waals surface area contributed by atoms with Crippen molar-refractivity contribution in [1.82, 2.24) is 15.0 Å². The maximum Gasteiger partial charge on any atom is 0.280 e. The molecule has 0 saturated carbocycles. The smallest absolute Gasteiger partial charge is 0.280 e. The van der Waals surface area contributed by atoms with Crippen LogP contribution in [0.4, 0.5) is 5.13 Å². The average molecular weight is 435 g/mol. The molecule has 3 heterocycles. The van der Waals surface area contributed by atoms with E-state index >= 15 is 0 Å². The van der Waals surface area contributed by atoms with Gasteiger partial charge in [0.05, 0.1) is 29.6 Å². The van der Waals surface area contributed by atoms with Crippen LogP contribution in [0.15, 0.2) is 42.2 Å². The average Bonchev–Trinajstić information content (AvgIpc) is 3.38. The molecule has 28 heavy (non-hydrogen) atoms. The molecule has 0 unspecified atom stereocenters. The molecule has 1 saturated heterocycles. The molecular formula is C19H16Cl2N4O2S. The van der Waals surface area contributed by atoms with Crippen LogP contribution in [0.5, 0.6) is 0 Å². The van der Waals surface area contributed by atoms with E-state index in [1.807, 2.05) is 11.4 Å². The molecule has 0 bridgehead atoms. The second kappa shape index (κ2) is 8.53. The third-order valence-electron chi connectivity index (χ3n) is 4.37. The summed E-state index contributed by atoms with van der Waals surface area (Å²) in [6, 6.07) is 5.25. The predicted molar refractivity (Wildman–Crippen MR) is 110 cm³/mol. The van der Waals surface area contributed by atoms with E-state index in [9.17, 15) is 4.79 Å². The van der Waals surface area contributed by atoms with Crippen LogP contribution in [0, 0.1) is 0 Å². The van der Waals surface area contributed by atoms with Crippen LogP contribution in [0.2, 0.25) is 10.0 Å². The summed E-state index contributed by atoms with van der Waals surface area (Å²) in [6.45, 7) is 1.12. The fourth-order valence-corrected chi connectivity index (χ4v) is 4.33. The highest BCUT2D eigenvalue weighted by Gasteiger charge is 2.27. The largest absolute Gasteiger partial charge is 0.376 e. The summed E-state index contributed by atoms with van der Waals surface area (Å²) in [5, 5.41) is 3.50. The van der Waals surface area contributed by atoms with Gasteiger partial charge in [-0.05, 0) is 31.0 Å². The Balaban J connectivity index is 1.66. The van der Waals surface area contributed by atoms with Gasteiger partial charge in [-0.1, -0.05) is 23.2 Å². The summed E-state index contributed by atoms with van der Waals surface area (Å²) in [4.78, 5) is 27.5. The number of carbonyl (C=O) groups is 1. The standard InChI is InChI=1S/C19H16Cl2N4O2S/c20-12-3-4-14(15(21)8-12)17-11-28-19(24-17)25(10-13-2-1-7-27-13)18(26)16-9-22-5-6-23-16/h3-6,8-9,11,13H,1-2,7,10H2/t13-/m1/s1. The second-order valence-corrected chi connectivity index (χ2v) is 7.96. The highest BCUT2D eigenvalue weighted by Crippen LogP contribution is 2.34. The van der Waals surface area contributed by atoms with Gasteiger partial charge in [0.2, 0.25) is 0 Å². The van der Waals surface area contributed by atoms with E-state index in [1.165, 1.54) is 29.9 Å². The SMILES string of the molecule is O=C(c1cnccn1)N(C[C@H]1CCCO1)c1nc(-c2ccc(Cl)cc2Cl)cs1. The number of rotatable bonds is 5. The van der Waals surface area contributed by atoms with E-state index in [1.54, 1.807) is 17.0 Å². The number of ether oxygens (including phenoxy) is 1. The maximum atomic E-state index is 13.1. The summed E-state index contributed by atoms with van der Waals surface area (Å²) >= 11 is 13.7. The highest BCUT2D eigenvalue weighted by atomic mass is 35.5. The molecule has 1 aliphatic rings. The molecule has 1 aliphatic heterocycles. The lowest BCUT2D eigenvalue weighted by Gasteiger charge is -2.22. The molecule has 0 N–H and O–H groups in total. The van der Waals surface area contributed by atoms with Gasteiger partial charge in [0, 0.05) is 35.0 Å². The van der Waals surface area contributed by atoms with Gasteiger partial charge >= 0.3 is 0 Å². The highest BCUT2D eigenvalue weighted by molar-refractivity contribution is 7.14. The van der Waals surface area contributed by atoms with Crippen LogP contribution < -0.4 is 4.90 Å². The number of hydrogen-bond acceptors (Lipinski definition) is 6. The molecule has 1 aromatic carbocycles. The van der Waals surface area contributed by atoms with Crippen molar-refractivity contribution < 1.29 is 9.53 Å². The topological polar surface area (TPSA) is 68.2 Å². The van der Waals surface area contributed by atoms with Crippen LogP contribution in [-0.4, -0.2) is 40.1 Å². The minimum atomic E-state index is -0.258. The minimum absolute atomic E-state index is 0.0212. The van der Waals surface area contributed by atoms with Crippen LogP contribution in [0.25, 0.3) is 11.3 Å². The quantitative estimate of drug-likeness (QED) is 0.580. The lowest BCUT2D eigenvalue weighted by atomic mass is 10.2. The number of anilines is 1. The zero-order valence-corrected chi connectivity index (χ0v) is 17.0. The Hall–Kier alpha value is -2.06. The Morgan fingerprint density at radius 1 is 1.32 bits per heavy atom. The fraction of sp³-hybridized carbons (Fsp3) is 0.263. The zero-order valence-electron chi connectivity index (χ0n) is 14.7. The van der Waals surface area contributed by atoms with E-state index in [4.69, 9.17) is 27.9 Å². The van der Waals surface area contributed by atoms with E-state index in [0.29, 0.717) is 34.0 Å². The van der Waals surface area contributed by atoms with Gasteiger partial charge in [0.25, 0.3) is 5.91 Å². The molecule has 0 radical (unpaired) electrons. The van der Waals surface area contributed by atoms with Gasteiger partial charge < -0.3 is 4.74 Å². The van der Waals surface area contributed by atoms with Crippen molar-refractivity contribution in [3.05, 3.63) is 57.9 Å². The number of aromatic nitrogens is 3. The number of halogens is 2. The molecule has 9 heteroatoms. The molecule has 2 aromatic heterocycles. The summed E-state index contributed by atoms with van der Waals surface area (Å²) in [7, 11) is 0. The van der Waals surface area contributed by atoms with E-state index < -0.39 is 0 Å². The summed E-state index contributed by atoms with van der Waals surface area (Å²) in [5.41, 5.74) is 1.71.